The summed E-state index contributed by atoms with van der Waals surface area (Å²) in [6, 6.07) is 15.6. The number of benzene rings is 2. The number of phenolic OH excluding ortho intramolecular Hbond substituents is 1. The van der Waals surface area contributed by atoms with Crippen molar-refractivity contribution in [1.29, 1.82) is 0 Å². The van der Waals surface area contributed by atoms with Crippen LogP contribution in [-0.4, -0.2) is 22.5 Å². The molecular formula is C23H26O4. The summed E-state index contributed by atoms with van der Waals surface area (Å²) in [6.45, 7) is 9.73. The largest absolute Gasteiger partial charge is 0.507 e. The molecule has 0 bridgehead atoms. The van der Waals surface area contributed by atoms with E-state index in [0.717, 1.165) is 12.0 Å². The Morgan fingerprint density at radius 1 is 1.19 bits per heavy atom. The number of aliphatic hydroxyl groups is 1. The number of phenols is 1. The second kappa shape index (κ2) is 11.5. The average molecular weight is 366 g/mol. The number of fused-ring (bicyclic) bond motifs is 1. The molecule has 4 nitrogen and oxygen atoms in total. The van der Waals surface area contributed by atoms with Crippen LogP contribution < -0.4 is 0 Å². The standard InChI is InChI=1S/C9H8.C8H8O.C6H10O3/c1-2-5-9-7-3-6-8(9)4-1;1-2-7-5-3-4-6-8(7)9;1-4(2)6(8)9-5(3)7/h1-6H,7H2;2-6,9H,1H2;5,7H,1H2,2-3H3. The van der Waals surface area contributed by atoms with Gasteiger partial charge in [-0.05, 0) is 37.5 Å². The number of carbonyl (C=O) groups excluding carboxylic acids is 1. The maximum absolute atomic E-state index is 10.5. The molecule has 0 spiro atoms. The van der Waals surface area contributed by atoms with Crippen molar-refractivity contribution in [3.8, 4) is 5.75 Å². The highest BCUT2D eigenvalue weighted by Gasteiger charge is 2.05. The van der Waals surface area contributed by atoms with Gasteiger partial charge in [-0.3, -0.25) is 0 Å². The Labute approximate surface area is 160 Å². The van der Waals surface area contributed by atoms with Gasteiger partial charge in [-0.2, -0.15) is 0 Å². The summed E-state index contributed by atoms with van der Waals surface area (Å²) >= 11 is 0. The van der Waals surface area contributed by atoms with Crippen molar-refractivity contribution in [3.05, 3.63) is 90.0 Å². The monoisotopic (exact) mass is 366 g/mol. The van der Waals surface area contributed by atoms with Gasteiger partial charge in [-0.25, -0.2) is 4.79 Å². The van der Waals surface area contributed by atoms with Gasteiger partial charge in [-0.15, -0.1) is 0 Å². The summed E-state index contributed by atoms with van der Waals surface area (Å²) in [7, 11) is 0. The number of carbonyl (C=O) groups is 1. The molecule has 1 aliphatic rings. The maximum Gasteiger partial charge on any atom is 0.335 e. The van der Waals surface area contributed by atoms with Crippen LogP contribution in [0, 0.1) is 0 Å². The zero-order chi connectivity index (χ0) is 20.2. The van der Waals surface area contributed by atoms with Crippen LogP contribution in [0.1, 0.15) is 30.5 Å². The zero-order valence-corrected chi connectivity index (χ0v) is 15.8. The maximum atomic E-state index is 10.5. The third-order valence-electron chi connectivity index (χ3n) is 3.47. The van der Waals surface area contributed by atoms with E-state index in [4.69, 9.17) is 10.2 Å². The van der Waals surface area contributed by atoms with E-state index in [9.17, 15) is 4.79 Å². The van der Waals surface area contributed by atoms with E-state index in [1.165, 1.54) is 25.0 Å². The average Bonchev–Trinajstić information content (AvgIpc) is 3.11. The Hall–Kier alpha value is -3.11. The fraction of sp³-hybridized carbons (Fsp3) is 0.174. The van der Waals surface area contributed by atoms with Crippen LogP contribution in [0.25, 0.3) is 12.2 Å². The fourth-order valence-electron chi connectivity index (χ4n) is 2.11. The molecule has 0 aliphatic heterocycles. The van der Waals surface area contributed by atoms with Crippen molar-refractivity contribution in [2.45, 2.75) is 26.6 Å². The third-order valence-corrected chi connectivity index (χ3v) is 3.47. The van der Waals surface area contributed by atoms with Crippen molar-refractivity contribution in [2.75, 3.05) is 0 Å². The molecule has 0 saturated heterocycles. The van der Waals surface area contributed by atoms with Gasteiger partial charge in [-0.1, -0.05) is 73.9 Å². The first-order valence-corrected chi connectivity index (χ1v) is 8.54. The van der Waals surface area contributed by atoms with Gasteiger partial charge >= 0.3 is 5.97 Å². The summed E-state index contributed by atoms with van der Waals surface area (Å²) in [5.41, 5.74) is 3.91. The normalized spacial score (nSPS) is 11.7. The molecule has 0 radical (unpaired) electrons. The highest BCUT2D eigenvalue weighted by molar-refractivity contribution is 5.86. The smallest absolute Gasteiger partial charge is 0.335 e. The minimum absolute atomic E-state index is 0.285. The summed E-state index contributed by atoms with van der Waals surface area (Å²) < 4.78 is 4.33. The van der Waals surface area contributed by atoms with Crippen LogP contribution in [0.15, 0.2) is 73.3 Å². The van der Waals surface area contributed by atoms with Crippen molar-refractivity contribution in [1.82, 2.24) is 0 Å². The van der Waals surface area contributed by atoms with Crippen LogP contribution in [0.5, 0.6) is 5.75 Å². The van der Waals surface area contributed by atoms with E-state index < -0.39 is 12.3 Å². The van der Waals surface area contributed by atoms with Gasteiger partial charge in [0.1, 0.15) is 5.75 Å². The molecule has 2 N–H and O–H groups in total. The zero-order valence-electron chi connectivity index (χ0n) is 15.8. The number of esters is 1. The molecule has 3 rings (SSSR count). The molecule has 2 aromatic rings. The first-order valence-electron chi connectivity index (χ1n) is 8.54. The topological polar surface area (TPSA) is 66.8 Å². The number of aromatic hydroxyl groups is 1. The number of aliphatic hydroxyl groups excluding tert-OH is 1. The quantitative estimate of drug-likeness (QED) is 0.468. The first-order chi connectivity index (χ1) is 12.8. The Morgan fingerprint density at radius 3 is 2.30 bits per heavy atom. The summed E-state index contributed by atoms with van der Waals surface area (Å²) in [6.07, 6.45) is 6.07. The predicted molar refractivity (Wildman–Crippen MR) is 110 cm³/mol. The van der Waals surface area contributed by atoms with Crippen LogP contribution in [0.4, 0.5) is 0 Å². The number of para-hydroxylation sites is 1. The third kappa shape index (κ3) is 8.21. The SMILES string of the molecule is C1=Cc2ccccc2C1.C=C(C)C(=O)OC(C)O.C=Cc1ccccc1O. The minimum atomic E-state index is -1.05. The fourth-order valence-corrected chi connectivity index (χ4v) is 2.11. The highest BCUT2D eigenvalue weighted by atomic mass is 16.6. The molecule has 0 heterocycles. The number of ether oxygens (including phenoxy) is 1. The van der Waals surface area contributed by atoms with Crippen LogP contribution >= 0.6 is 0 Å². The lowest BCUT2D eigenvalue weighted by atomic mass is 10.1. The molecule has 0 aromatic heterocycles. The van der Waals surface area contributed by atoms with Crippen molar-refractivity contribution >= 4 is 18.1 Å². The summed E-state index contributed by atoms with van der Waals surface area (Å²) in [5, 5.41) is 17.5. The summed E-state index contributed by atoms with van der Waals surface area (Å²) in [4.78, 5) is 10.5. The van der Waals surface area contributed by atoms with E-state index in [-0.39, 0.29) is 11.3 Å². The van der Waals surface area contributed by atoms with E-state index >= 15 is 0 Å². The van der Waals surface area contributed by atoms with Gasteiger partial charge in [0.15, 0.2) is 6.29 Å². The van der Waals surface area contributed by atoms with Gasteiger partial charge in [0.25, 0.3) is 0 Å². The molecule has 142 valence electrons. The second-order valence-corrected chi connectivity index (χ2v) is 5.85. The van der Waals surface area contributed by atoms with Crippen molar-refractivity contribution in [3.63, 3.8) is 0 Å². The van der Waals surface area contributed by atoms with Crippen LogP contribution in [0.3, 0.4) is 0 Å². The van der Waals surface area contributed by atoms with Gasteiger partial charge < -0.3 is 14.9 Å². The minimum Gasteiger partial charge on any atom is -0.507 e. The molecule has 1 atom stereocenters. The number of rotatable bonds is 3. The molecule has 0 saturated carbocycles. The van der Waals surface area contributed by atoms with Crippen LogP contribution in [0.2, 0.25) is 0 Å². The van der Waals surface area contributed by atoms with Crippen LogP contribution in [-0.2, 0) is 16.0 Å². The predicted octanol–water partition coefficient (Wildman–Crippen LogP) is 4.74. The molecular weight excluding hydrogens is 340 g/mol. The van der Waals surface area contributed by atoms with E-state index in [1.54, 1.807) is 18.2 Å². The Morgan fingerprint density at radius 2 is 1.81 bits per heavy atom. The lowest BCUT2D eigenvalue weighted by Gasteiger charge is -2.04. The Balaban J connectivity index is 0.000000202. The molecule has 0 amide bonds. The molecule has 27 heavy (non-hydrogen) atoms. The summed E-state index contributed by atoms with van der Waals surface area (Å²) in [5.74, 6) is -0.280. The second-order valence-electron chi connectivity index (χ2n) is 5.85. The number of hydrogen-bond acceptors (Lipinski definition) is 4. The van der Waals surface area contributed by atoms with Crippen molar-refractivity contribution < 1.29 is 19.7 Å². The molecule has 4 heteroatoms. The lowest BCUT2D eigenvalue weighted by Crippen LogP contribution is -2.13. The molecule has 0 fully saturated rings. The lowest BCUT2D eigenvalue weighted by molar-refractivity contribution is -0.159. The van der Waals surface area contributed by atoms with E-state index in [1.807, 2.05) is 12.1 Å². The molecule has 2 aromatic carbocycles. The molecule has 1 aliphatic carbocycles. The Kier molecular flexibility index (Phi) is 9.34. The van der Waals surface area contributed by atoms with Gasteiger partial charge in [0, 0.05) is 11.1 Å². The highest BCUT2D eigenvalue weighted by Crippen LogP contribution is 2.17. The van der Waals surface area contributed by atoms with Crippen molar-refractivity contribution in [2.24, 2.45) is 0 Å². The van der Waals surface area contributed by atoms with Gasteiger partial charge in [0.05, 0.1) is 0 Å². The van der Waals surface area contributed by atoms with E-state index in [2.05, 4.69) is 54.3 Å². The molecule has 1 unspecified atom stereocenters. The first kappa shape index (κ1) is 21.9. The number of hydrogen-bond donors (Lipinski definition) is 2. The van der Waals surface area contributed by atoms with E-state index in [0.29, 0.717) is 0 Å². The van der Waals surface area contributed by atoms with Gasteiger partial charge in [0.2, 0.25) is 0 Å². The number of allylic oxidation sites excluding steroid dienone is 1. The Bertz CT molecular complexity index is 798.